The standard InChI is InChI=1S/C20H22N2O6S/c1-14-10-16(11-19(23)27-14)28-17-12-21(13-17)20(24)15-4-6-18(7-5-15)29(25,26)22-8-2-3-9-22/h4-7,10-11,17H,2-3,8-9,12-13H2,1H3. The number of hydrogen-bond donors (Lipinski definition) is 0. The zero-order valence-corrected chi connectivity index (χ0v) is 16.9. The molecule has 0 N–H and O–H groups in total. The van der Waals surface area contributed by atoms with Crippen molar-refractivity contribution in [1.29, 1.82) is 0 Å². The summed E-state index contributed by atoms with van der Waals surface area (Å²) in [5, 5.41) is 0. The van der Waals surface area contributed by atoms with Gasteiger partial charge in [0.15, 0.2) is 0 Å². The number of ether oxygens (including phenoxy) is 1. The van der Waals surface area contributed by atoms with Gasteiger partial charge in [0, 0.05) is 24.7 Å². The molecule has 1 aromatic carbocycles. The summed E-state index contributed by atoms with van der Waals surface area (Å²) >= 11 is 0. The smallest absolute Gasteiger partial charge is 0.339 e. The molecule has 0 bridgehead atoms. The van der Waals surface area contributed by atoms with Crippen LogP contribution in [0.25, 0.3) is 0 Å². The summed E-state index contributed by atoms with van der Waals surface area (Å²) in [6, 6.07) is 8.97. The third kappa shape index (κ3) is 4.06. The van der Waals surface area contributed by atoms with Gasteiger partial charge < -0.3 is 14.1 Å². The van der Waals surface area contributed by atoms with Crippen molar-refractivity contribution in [3.8, 4) is 5.75 Å². The first-order valence-electron chi connectivity index (χ1n) is 9.51. The SMILES string of the molecule is Cc1cc(OC2CN(C(=O)c3ccc(S(=O)(=O)N4CCCC4)cc3)C2)cc(=O)o1. The molecule has 2 aromatic rings. The summed E-state index contributed by atoms with van der Waals surface area (Å²) in [7, 11) is -3.49. The molecular formula is C20H22N2O6S. The number of amides is 1. The molecule has 0 unspecified atom stereocenters. The van der Waals surface area contributed by atoms with E-state index in [-0.39, 0.29) is 16.9 Å². The summed E-state index contributed by atoms with van der Waals surface area (Å²) in [6.07, 6.45) is 1.55. The molecule has 1 aromatic heterocycles. The maximum Gasteiger partial charge on any atom is 0.339 e. The van der Waals surface area contributed by atoms with Crippen LogP contribution in [0.4, 0.5) is 0 Å². The normalized spacial score (nSPS) is 17.9. The molecule has 0 saturated carbocycles. The Labute approximate surface area is 168 Å². The van der Waals surface area contributed by atoms with Gasteiger partial charge in [0.2, 0.25) is 10.0 Å². The van der Waals surface area contributed by atoms with Crippen LogP contribution in [0, 0.1) is 6.92 Å². The van der Waals surface area contributed by atoms with Crippen molar-refractivity contribution in [1.82, 2.24) is 9.21 Å². The number of nitrogens with zero attached hydrogens (tertiary/aromatic N) is 2. The topological polar surface area (TPSA) is 97.1 Å². The molecule has 0 radical (unpaired) electrons. The lowest BCUT2D eigenvalue weighted by Gasteiger charge is -2.39. The van der Waals surface area contributed by atoms with Crippen molar-refractivity contribution in [2.75, 3.05) is 26.2 Å². The summed E-state index contributed by atoms with van der Waals surface area (Å²) in [4.78, 5) is 25.8. The van der Waals surface area contributed by atoms with Crippen molar-refractivity contribution in [2.45, 2.75) is 30.8 Å². The zero-order valence-electron chi connectivity index (χ0n) is 16.0. The number of benzene rings is 1. The van der Waals surface area contributed by atoms with Crippen LogP contribution >= 0.6 is 0 Å². The molecule has 29 heavy (non-hydrogen) atoms. The van der Waals surface area contributed by atoms with E-state index in [1.54, 1.807) is 30.0 Å². The van der Waals surface area contributed by atoms with Gasteiger partial charge in [0.05, 0.1) is 24.1 Å². The van der Waals surface area contributed by atoms with Gasteiger partial charge >= 0.3 is 5.63 Å². The molecule has 2 saturated heterocycles. The average molecular weight is 418 g/mol. The Kier molecular flexibility index (Phi) is 5.18. The minimum atomic E-state index is -3.49. The average Bonchev–Trinajstić information content (AvgIpc) is 3.19. The Morgan fingerprint density at radius 1 is 1.10 bits per heavy atom. The van der Waals surface area contributed by atoms with E-state index in [1.165, 1.54) is 22.5 Å². The molecule has 0 atom stereocenters. The fraction of sp³-hybridized carbons (Fsp3) is 0.400. The molecular weight excluding hydrogens is 396 g/mol. The molecule has 3 heterocycles. The van der Waals surface area contributed by atoms with Crippen LogP contribution in [0.2, 0.25) is 0 Å². The Bertz CT molecular complexity index is 1060. The third-order valence-corrected chi connectivity index (χ3v) is 7.02. The van der Waals surface area contributed by atoms with Crippen LogP contribution in [0.3, 0.4) is 0 Å². The first kappa shape index (κ1) is 19.7. The number of hydrogen-bond acceptors (Lipinski definition) is 6. The lowest BCUT2D eigenvalue weighted by atomic mass is 10.1. The second-order valence-electron chi connectivity index (χ2n) is 7.31. The highest BCUT2D eigenvalue weighted by Crippen LogP contribution is 2.23. The van der Waals surface area contributed by atoms with Crippen LogP contribution in [-0.4, -0.2) is 55.8 Å². The molecule has 2 aliphatic heterocycles. The summed E-state index contributed by atoms with van der Waals surface area (Å²) in [6.45, 7) is 3.54. The van der Waals surface area contributed by atoms with E-state index >= 15 is 0 Å². The Hall–Kier alpha value is -2.65. The van der Waals surface area contributed by atoms with Crippen molar-refractivity contribution < 1.29 is 22.4 Å². The molecule has 1 amide bonds. The molecule has 4 rings (SSSR count). The molecule has 9 heteroatoms. The highest BCUT2D eigenvalue weighted by Gasteiger charge is 2.33. The highest BCUT2D eigenvalue weighted by molar-refractivity contribution is 7.89. The quantitative estimate of drug-likeness (QED) is 0.732. The first-order valence-corrected chi connectivity index (χ1v) is 10.9. The van der Waals surface area contributed by atoms with Gasteiger partial charge in [0.25, 0.3) is 5.91 Å². The second kappa shape index (κ2) is 7.64. The van der Waals surface area contributed by atoms with Gasteiger partial charge in [-0.25, -0.2) is 13.2 Å². The predicted octanol–water partition coefficient (Wildman–Crippen LogP) is 1.64. The van der Waals surface area contributed by atoms with Crippen LogP contribution in [0.15, 0.2) is 50.5 Å². The Balaban J connectivity index is 1.36. The van der Waals surface area contributed by atoms with Crippen molar-refractivity contribution in [2.24, 2.45) is 0 Å². The van der Waals surface area contributed by atoms with Crippen LogP contribution in [0.1, 0.15) is 29.0 Å². The van der Waals surface area contributed by atoms with Gasteiger partial charge in [-0.1, -0.05) is 0 Å². The highest BCUT2D eigenvalue weighted by atomic mass is 32.2. The largest absolute Gasteiger partial charge is 0.486 e. The minimum Gasteiger partial charge on any atom is -0.486 e. The summed E-state index contributed by atoms with van der Waals surface area (Å²) in [5.41, 5.74) is -0.0451. The minimum absolute atomic E-state index is 0.182. The molecule has 0 spiro atoms. The number of aryl methyl sites for hydroxylation is 1. The molecule has 2 aliphatic rings. The van der Waals surface area contributed by atoms with Gasteiger partial charge in [-0.05, 0) is 44.0 Å². The Morgan fingerprint density at radius 3 is 2.38 bits per heavy atom. The Morgan fingerprint density at radius 2 is 1.76 bits per heavy atom. The number of carbonyl (C=O) groups is 1. The van der Waals surface area contributed by atoms with Crippen LogP contribution < -0.4 is 10.4 Å². The lowest BCUT2D eigenvalue weighted by Crippen LogP contribution is -2.56. The van der Waals surface area contributed by atoms with Gasteiger partial charge in [-0.2, -0.15) is 4.31 Å². The van der Waals surface area contributed by atoms with Crippen molar-refractivity contribution in [3.63, 3.8) is 0 Å². The summed E-state index contributed by atoms with van der Waals surface area (Å²) in [5.74, 6) is 0.703. The maximum absolute atomic E-state index is 12.6. The first-order chi connectivity index (χ1) is 13.8. The number of sulfonamides is 1. The predicted molar refractivity (Wildman–Crippen MR) is 104 cm³/mol. The van der Waals surface area contributed by atoms with Crippen molar-refractivity contribution in [3.05, 3.63) is 58.1 Å². The molecule has 8 nitrogen and oxygen atoms in total. The lowest BCUT2D eigenvalue weighted by molar-refractivity contribution is 0.0175. The van der Waals surface area contributed by atoms with Gasteiger partial charge in [-0.15, -0.1) is 0 Å². The fourth-order valence-corrected chi connectivity index (χ4v) is 5.06. The third-order valence-electron chi connectivity index (χ3n) is 5.11. The monoisotopic (exact) mass is 418 g/mol. The number of rotatable bonds is 5. The second-order valence-corrected chi connectivity index (χ2v) is 9.25. The van der Waals surface area contributed by atoms with Gasteiger partial charge in [-0.3, -0.25) is 4.79 Å². The number of carbonyl (C=O) groups excluding carboxylic acids is 1. The number of likely N-dealkylation sites (tertiary alicyclic amines) is 1. The van der Waals surface area contributed by atoms with E-state index in [2.05, 4.69) is 0 Å². The fourth-order valence-electron chi connectivity index (χ4n) is 3.54. The van der Waals surface area contributed by atoms with E-state index < -0.39 is 15.6 Å². The zero-order chi connectivity index (χ0) is 20.6. The van der Waals surface area contributed by atoms with E-state index in [0.717, 1.165) is 12.8 Å². The van der Waals surface area contributed by atoms with Crippen LogP contribution in [0.5, 0.6) is 5.75 Å². The molecule has 0 aliphatic carbocycles. The van der Waals surface area contributed by atoms with Crippen LogP contribution in [-0.2, 0) is 10.0 Å². The molecule has 154 valence electrons. The van der Waals surface area contributed by atoms with E-state index in [0.29, 0.717) is 43.3 Å². The van der Waals surface area contributed by atoms with Crippen molar-refractivity contribution >= 4 is 15.9 Å². The summed E-state index contributed by atoms with van der Waals surface area (Å²) < 4.78 is 37.2. The molecule has 2 fully saturated rings. The van der Waals surface area contributed by atoms with E-state index in [1.807, 2.05) is 0 Å². The van der Waals surface area contributed by atoms with Gasteiger partial charge in [0.1, 0.15) is 17.6 Å². The maximum atomic E-state index is 12.6. The van der Waals surface area contributed by atoms with E-state index in [9.17, 15) is 18.0 Å². The van der Waals surface area contributed by atoms with E-state index in [4.69, 9.17) is 9.15 Å².